The van der Waals surface area contributed by atoms with Gasteiger partial charge in [0.15, 0.2) is 0 Å². The van der Waals surface area contributed by atoms with Gasteiger partial charge < -0.3 is 17.7 Å². The Labute approximate surface area is 119 Å². The molecule has 0 aliphatic carbocycles. The number of carbonyl (C=O) groups excluding carboxylic acids is 4. The van der Waals surface area contributed by atoms with Crippen molar-refractivity contribution < 1.29 is 36.9 Å². The van der Waals surface area contributed by atoms with Gasteiger partial charge in [0.1, 0.15) is 0 Å². The number of carbonyl (C=O) groups is 4. The maximum Gasteiger partial charge on any atom is 0.464 e. The molecule has 0 aromatic heterocycles. The largest absolute Gasteiger partial charge is 0.487 e. The van der Waals surface area contributed by atoms with Crippen molar-refractivity contribution in [2.45, 2.75) is 39.9 Å². The normalized spacial score (nSPS) is 10.7. The average molecular weight is 322 g/mol. The summed E-state index contributed by atoms with van der Waals surface area (Å²) in [6, 6.07) is 0. The second-order valence-electron chi connectivity index (χ2n) is 4.17. The second kappa shape index (κ2) is 7.79. The third-order valence-corrected chi connectivity index (χ3v) is 8.78. The van der Waals surface area contributed by atoms with E-state index in [1.54, 1.807) is 0 Å². The predicted octanol–water partition coefficient (Wildman–Crippen LogP) is 0.0705. The highest BCUT2D eigenvalue weighted by Crippen LogP contribution is 2.18. The fourth-order valence-electron chi connectivity index (χ4n) is 1.49. The van der Waals surface area contributed by atoms with Crippen molar-refractivity contribution in [3.05, 3.63) is 0 Å². The molecule has 8 nitrogen and oxygen atoms in total. The van der Waals surface area contributed by atoms with E-state index in [4.69, 9.17) is 17.7 Å². The van der Waals surface area contributed by atoms with Crippen LogP contribution in [0.4, 0.5) is 0 Å². The van der Waals surface area contributed by atoms with Crippen LogP contribution in [-0.2, 0) is 36.9 Å². The molecule has 0 saturated carbocycles. The van der Waals surface area contributed by atoms with Crippen molar-refractivity contribution in [3.63, 3.8) is 0 Å². The van der Waals surface area contributed by atoms with E-state index in [2.05, 4.69) is 0 Å². The lowest BCUT2D eigenvalue weighted by molar-refractivity contribution is -0.139. The van der Waals surface area contributed by atoms with Gasteiger partial charge in [0, 0.05) is 34.2 Å². The van der Waals surface area contributed by atoms with Gasteiger partial charge in [-0.15, -0.1) is 0 Å². The standard InChI is InChI=1S/C10H18O8Si2/c1-7(11)15-19(16-8(2)12)6-20(5,17-9(3)13)18-10(4)14/h19H,6H2,1-5H3. The lowest BCUT2D eigenvalue weighted by Gasteiger charge is -2.27. The van der Waals surface area contributed by atoms with E-state index in [9.17, 15) is 19.2 Å². The van der Waals surface area contributed by atoms with Gasteiger partial charge in [0.2, 0.25) is 0 Å². The molecular weight excluding hydrogens is 304 g/mol. The first kappa shape index (κ1) is 18.3. The second-order valence-corrected chi connectivity index (χ2v) is 9.81. The van der Waals surface area contributed by atoms with Crippen LogP contribution in [-0.4, -0.2) is 41.7 Å². The molecule has 0 N–H and O–H groups in total. The molecule has 0 saturated heterocycles. The average Bonchev–Trinajstić information content (AvgIpc) is 2.09. The van der Waals surface area contributed by atoms with Crippen LogP contribution in [0, 0.1) is 0 Å². The molecule has 0 heterocycles. The molecule has 0 rings (SSSR count). The topological polar surface area (TPSA) is 105 Å². The highest BCUT2D eigenvalue weighted by molar-refractivity contribution is 6.79. The number of hydrogen-bond donors (Lipinski definition) is 0. The molecule has 0 aromatic rings. The monoisotopic (exact) mass is 322 g/mol. The van der Waals surface area contributed by atoms with Crippen molar-refractivity contribution >= 4 is 41.7 Å². The van der Waals surface area contributed by atoms with Crippen LogP contribution in [0.5, 0.6) is 0 Å². The van der Waals surface area contributed by atoms with E-state index in [1.165, 1.54) is 34.2 Å². The predicted molar refractivity (Wildman–Crippen MR) is 70.6 cm³/mol. The van der Waals surface area contributed by atoms with Crippen molar-refractivity contribution in [2.24, 2.45) is 0 Å². The molecule has 0 spiro atoms. The zero-order valence-electron chi connectivity index (χ0n) is 12.1. The van der Waals surface area contributed by atoms with Crippen LogP contribution in [0.25, 0.3) is 0 Å². The molecule has 0 bridgehead atoms. The van der Waals surface area contributed by atoms with Crippen molar-refractivity contribution in [3.8, 4) is 0 Å². The van der Waals surface area contributed by atoms with Gasteiger partial charge in [0.25, 0.3) is 23.9 Å². The minimum atomic E-state index is -3.26. The summed E-state index contributed by atoms with van der Waals surface area (Å²) in [5, 5.41) is 0. The van der Waals surface area contributed by atoms with Gasteiger partial charge in [-0.2, -0.15) is 0 Å². The summed E-state index contributed by atoms with van der Waals surface area (Å²) in [7, 11) is -6.05. The first-order valence-electron chi connectivity index (χ1n) is 5.77. The first-order chi connectivity index (χ1) is 9.04. The summed E-state index contributed by atoms with van der Waals surface area (Å²) in [6.45, 7) is 6.13. The van der Waals surface area contributed by atoms with E-state index in [-0.39, 0.29) is 5.67 Å². The SMILES string of the molecule is CC(=O)O[SiH](C[Si](C)(OC(C)=O)OC(C)=O)OC(C)=O. The molecule has 0 aliphatic heterocycles. The third kappa shape index (κ3) is 8.42. The molecule has 0 aliphatic rings. The number of rotatable bonds is 6. The summed E-state index contributed by atoms with van der Waals surface area (Å²) < 4.78 is 20.0. The maximum absolute atomic E-state index is 11.1. The Kier molecular flexibility index (Phi) is 7.14. The summed E-state index contributed by atoms with van der Waals surface area (Å²) in [4.78, 5) is 44.1. The minimum Gasteiger partial charge on any atom is -0.487 e. The first-order valence-corrected chi connectivity index (χ1v) is 10.1. The van der Waals surface area contributed by atoms with E-state index >= 15 is 0 Å². The zero-order chi connectivity index (χ0) is 15.9. The molecular formula is C10H18O8Si2. The van der Waals surface area contributed by atoms with Crippen LogP contribution in [0.3, 0.4) is 0 Å². The molecule has 0 amide bonds. The van der Waals surface area contributed by atoms with Gasteiger partial charge in [-0.3, -0.25) is 19.2 Å². The Balaban J connectivity index is 5.03. The van der Waals surface area contributed by atoms with Gasteiger partial charge in [-0.25, -0.2) is 0 Å². The Morgan fingerprint density at radius 3 is 1.40 bits per heavy atom. The Hall–Kier alpha value is -1.69. The molecule has 0 radical (unpaired) electrons. The van der Waals surface area contributed by atoms with Crippen LogP contribution in [0.2, 0.25) is 12.2 Å². The van der Waals surface area contributed by atoms with E-state index < -0.39 is 41.7 Å². The quantitative estimate of drug-likeness (QED) is 0.633. The highest BCUT2D eigenvalue weighted by Gasteiger charge is 2.45. The number of hydrogen-bond acceptors (Lipinski definition) is 8. The van der Waals surface area contributed by atoms with Gasteiger partial charge in [0.05, 0.1) is 5.67 Å². The minimum absolute atomic E-state index is 0.0642. The smallest absolute Gasteiger partial charge is 0.464 e. The maximum atomic E-state index is 11.1. The third-order valence-electron chi connectivity index (χ3n) is 1.85. The fraction of sp³-hybridized carbons (Fsp3) is 0.600. The lowest BCUT2D eigenvalue weighted by Crippen LogP contribution is -2.47. The lowest BCUT2D eigenvalue weighted by atomic mass is 10.9. The Morgan fingerprint density at radius 1 is 0.800 bits per heavy atom. The van der Waals surface area contributed by atoms with Crippen molar-refractivity contribution in [1.29, 1.82) is 0 Å². The van der Waals surface area contributed by atoms with Crippen molar-refractivity contribution in [1.82, 2.24) is 0 Å². The van der Waals surface area contributed by atoms with Crippen molar-refractivity contribution in [2.75, 3.05) is 0 Å². The van der Waals surface area contributed by atoms with Gasteiger partial charge in [-0.05, 0) is 0 Å². The summed E-state index contributed by atoms with van der Waals surface area (Å²) >= 11 is 0. The van der Waals surface area contributed by atoms with E-state index in [0.29, 0.717) is 0 Å². The molecule has 0 atom stereocenters. The summed E-state index contributed by atoms with van der Waals surface area (Å²) in [5.74, 6) is -2.49. The van der Waals surface area contributed by atoms with E-state index in [0.717, 1.165) is 0 Å². The van der Waals surface area contributed by atoms with Gasteiger partial charge >= 0.3 is 17.8 Å². The van der Waals surface area contributed by atoms with Crippen LogP contribution >= 0.6 is 0 Å². The fourth-order valence-corrected chi connectivity index (χ4v) is 7.29. The Morgan fingerprint density at radius 2 is 1.15 bits per heavy atom. The highest BCUT2D eigenvalue weighted by atomic mass is 28.4. The molecule has 114 valence electrons. The van der Waals surface area contributed by atoms with E-state index in [1.807, 2.05) is 0 Å². The summed E-state index contributed by atoms with van der Waals surface area (Å²) in [5.41, 5.74) is -0.0642. The van der Waals surface area contributed by atoms with Crippen LogP contribution in [0.15, 0.2) is 0 Å². The Bertz CT molecular complexity index is 376. The molecule has 0 aromatic carbocycles. The van der Waals surface area contributed by atoms with Gasteiger partial charge in [-0.1, -0.05) is 0 Å². The molecule has 20 heavy (non-hydrogen) atoms. The zero-order valence-corrected chi connectivity index (χ0v) is 14.2. The van der Waals surface area contributed by atoms with Crippen LogP contribution < -0.4 is 0 Å². The molecule has 10 heteroatoms. The van der Waals surface area contributed by atoms with Crippen LogP contribution in [0.1, 0.15) is 27.7 Å². The summed E-state index contributed by atoms with van der Waals surface area (Å²) in [6.07, 6.45) is 0. The molecule has 0 unspecified atom stereocenters. The molecule has 0 fully saturated rings.